The largest absolute Gasteiger partial charge is 0.461 e. The molecular weight excluding hydrogens is 555 g/mol. The number of aromatic amines is 1. The highest BCUT2D eigenvalue weighted by molar-refractivity contribution is 7.53. The maximum absolute atomic E-state index is 13.6. The standard InChI is InChI=1S/C32H27N2O7P/c35-29(16-17-42(37,39-20-22-8-3-1-4-9-22)40-21-23-10-5-2-6-11-23)38-19-24-14-15-27-26(18-24)31-30-25(32(36)34-33-31)12-7-13-28(30)41-27/h1-15,18H,16-17,19-21H2,(H,34,36). The molecule has 212 valence electrons. The number of hydrogen-bond donors (Lipinski definition) is 1. The Morgan fingerprint density at radius 3 is 2.17 bits per heavy atom. The Labute approximate surface area is 241 Å². The molecule has 0 amide bonds. The lowest BCUT2D eigenvalue weighted by molar-refractivity contribution is -0.144. The number of carbonyl (C=O) groups is 1. The first-order valence-corrected chi connectivity index (χ1v) is 15.1. The maximum Gasteiger partial charge on any atom is 0.331 e. The van der Waals surface area contributed by atoms with Crippen molar-refractivity contribution in [3.05, 3.63) is 124 Å². The van der Waals surface area contributed by atoms with Crippen LogP contribution in [-0.2, 0) is 43.0 Å². The monoisotopic (exact) mass is 582 g/mol. The zero-order valence-electron chi connectivity index (χ0n) is 22.5. The molecule has 0 saturated heterocycles. The molecule has 0 spiro atoms. The summed E-state index contributed by atoms with van der Waals surface area (Å²) in [4.78, 5) is 25.0. The highest BCUT2D eigenvalue weighted by Crippen LogP contribution is 2.50. The fraction of sp³-hybridized carbons (Fsp3) is 0.156. The van der Waals surface area contributed by atoms with Crippen LogP contribution in [0.15, 0.2) is 102 Å². The SMILES string of the molecule is O=C(CCP(=O)(OCc1ccccc1)OCc1ccccc1)OCc1ccc2c(c1)-c1n[nH]c(=O)c3cccc(c13)O2. The van der Waals surface area contributed by atoms with Crippen LogP contribution in [-0.4, -0.2) is 22.3 Å². The van der Waals surface area contributed by atoms with Crippen LogP contribution in [0.1, 0.15) is 23.1 Å². The van der Waals surface area contributed by atoms with Crippen LogP contribution in [0, 0.1) is 0 Å². The molecule has 9 nitrogen and oxygen atoms in total. The lowest BCUT2D eigenvalue weighted by Crippen LogP contribution is -2.12. The smallest absolute Gasteiger partial charge is 0.331 e. The minimum atomic E-state index is -3.63. The van der Waals surface area contributed by atoms with Crippen LogP contribution in [0.3, 0.4) is 0 Å². The molecule has 0 atom stereocenters. The predicted molar refractivity (Wildman–Crippen MR) is 157 cm³/mol. The third-order valence-electron chi connectivity index (χ3n) is 6.83. The summed E-state index contributed by atoms with van der Waals surface area (Å²) in [6.45, 7) is 0.170. The molecule has 10 heteroatoms. The Kier molecular flexibility index (Phi) is 7.97. The molecule has 1 aromatic heterocycles. The molecule has 0 saturated carbocycles. The van der Waals surface area contributed by atoms with Gasteiger partial charge in [-0.05, 0) is 41.0 Å². The molecule has 42 heavy (non-hydrogen) atoms. The first-order chi connectivity index (χ1) is 20.5. The summed E-state index contributed by atoms with van der Waals surface area (Å²) in [5.41, 5.74) is 3.35. The fourth-order valence-corrected chi connectivity index (χ4v) is 6.13. The van der Waals surface area contributed by atoms with E-state index in [0.717, 1.165) is 11.1 Å². The van der Waals surface area contributed by atoms with Crippen molar-refractivity contribution >= 4 is 24.3 Å². The van der Waals surface area contributed by atoms with E-state index in [1.807, 2.05) is 66.7 Å². The zero-order chi connectivity index (χ0) is 28.9. The number of H-pyrrole nitrogens is 1. The number of ether oxygens (including phenoxy) is 2. The Morgan fingerprint density at radius 2 is 1.48 bits per heavy atom. The van der Waals surface area contributed by atoms with E-state index in [0.29, 0.717) is 39.1 Å². The van der Waals surface area contributed by atoms with Crippen molar-refractivity contribution in [1.82, 2.24) is 10.2 Å². The van der Waals surface area contributed by atoms with Gasteiger partial charge in [0, 0.05) is 5.56 Å². The maximum atomic E-state index is 13.6. The summed E-state index contributed by atoms with van der Waals surface area (Å²) < 4.78 is 36.7. The number of carbonyl (C=O) groups excluding carboxylic acids is 1. The van der Waals surface area contributed by atoms with E-state index in [2.05, 4.69) is 10.2 Å². The van der Waals surface area contributed by atoms with Gasteiger partial charge in [-0.2, -0.15) is 5.10 Å². The highest BCUT2D eigenvalue weighted by atomic mass is 31.2. The predicted octanol–water partition coefficient (Wildman–Crippen LogP) is 6.76. The lowest BCUT2D eigenvalue weighted by atomic mass is 9.99. The summed E-state index contributed by atoms with van der Waals surface area (Å²) in [6, 6.07) is 29.4. The molecule has 1 N–H and O–H groups in total. The van der Waals surface area contributed by atoms with Crippen molar-refractivity contribution in [3.8, 4) is 22.8 Å². The van der Waals surface area contributed by atoms with Crippen LogP contribution in [0.2, 0.25) is 0 Å². The zero-order valence-corrected chi connectivity index (χ0v) is 23.4. The van der Waals surface area contributed by atoms with Crippen LogP contribution in [0.5, 0.6) is 11.5 Å². The first-order valence-electron chi connectivity index (χ1n) is 13.4. The number of fused-ring (bicyclic) bond motifs is 2. The molecule has 0 aliphatic carbocycles. The normalized spacial score (nSPS) is 12.0. The molecule has 5 aromatic rings. The van der Waals surface area contributed by atoms with E-state index in [1.54, 1.807) is 30.3 Å². The second-order valence-corrected chi connectivity index (χ2v) is 12.0. The molecule has 2 heterocycles. The Morgan fingerprint density at radius 1 is 0.786 bits per heavy atom. The summed E-state index contributed by atoms with van der Waals surface area (Å²) in [5.74, 6) is 0.601. The Balaban J connectivity index is 1.11. The van der Waals surface area contributed by atoms with Gasteiger partial charge in [0.15, 0.2) is 0 Å². The third-order valence-corrected chi connectivity index (χ3v) is 8.64. The molecule has 6 rings (SSSR count). The second kappa shape index (κ2) is 12.1. The van der Waals surface area contributed by atoms with Gasteiger partial charge in [-0.1, -0.05) is 72.8 Å². The summed E-state index contributed by atoms with van der Waals surface area (Å²) >= 11 is 0. The van der Waals surface area contributed by atoms with Gasteiger partial charge in [-0.3, -0.25) is 14.2 Å². The van der Waals surface area contributed by atoms with E-state index in [4.69, 9.17) is 18.5 Å². The molecule has 0 unspecified atom stereocenters. The number of esters is 1. The Bertz CT molecular complexity index is 1790. The summed E-state index contributed by atoms with van der Waals surface area (Å²) in [7, 11) is -3.63. The number of benzene rings is 4. The highest BCUT2D eigenvalue weighted by Gasteiger charge is 2.27. The summed E-state index contributed by atoms with van der Waals surface area (Å²) in [5, 5.41) is 7.92. The molecule has 0 fully saturated rings. The second-order valence-electron chi connectivity index (χ2n) is 9.78. The van der Waals surface area contributed by atoms with Gasteiger partial charge in [0.05, 0.1) is 36.6 Å². The van der Waals surface area contributed by atoms with Crippen LogP contribution >= 0.6 is 7.60 Å². The first kappa shape index (κ1) is 27.6. The van der Waals surface area contributed by atoms with Gasteiger partial charge in [0.2, 0.25) is 0 Å². The van der Waals surface area contributed by atoms with Gasteiger partial charge in [0.25, 0.3) is 5.56 Å². The van der Waals surface area contributed by atoms with Gasteiger partial charge in [-0.15, -0.1) is 0 Å². The molecular formula is C32H27N2O7P. The van der Waals surface area contributed by atoms with Crippen molar-refractivity contribution in [1.29, 1.82) is 0 Å². The summed E-state index contributed by atoms with van der Waals surface area (Å²) in [6.07, 6.45) is -0.274. The average Bonchev–Trinajstić information content (AvgIpc) is 3.03. The fourth-order valence-electron chi connectivity index (χ4n) is 4.65. The third kappa shape index (κ3) is 6.19. The van der Waals surface area contributed by atoms with Crippen molar-refractivity contribution in [2.45, 2.75) is 26.2 Å². The minimum absolute atomic E-state index is 0.0136. The van der Waals surface area contributed by atoms with E-state index >= 15 is 0 Å². The van der Waals surface area contributed by atoms with Crippen LogP contribution in [0.4, 0.5) is 0 Å². The van der Waals surface area contributed by atoms with Crippen molar-refractivity contribution in [3.63, 3.8) is 0 Å². The van der Waals surface area contributed by atoms with E-state index < -0.39 is 13.6 Å². The topological polar surface area (TPSA) is 117 Å². The van der Waals surface area contributed by atoms with Crippen molar-refractivity contribution in [2.24, 2.45) is 0 Å². The van der Waals surface area contributed by atoms with Crippen molar-refractivity contribution in [2.75, 3.05) is 6.16 Å². The number of nitrogens with zero attached hydrogens (tertiary/aromatic N) is 1. The van der Waals surface area contributed by atoms with E-state index in [-0.39, 0.29) is 38.0 Å². The lowest BCUT2D eigenvalue weighted by Gasteiger charge is -2.20. The van der Waals surface area contributed by atoms with Crippen LogP contribution < -0.4 is 10.3 Å². The number of hydrogen-bond acceptors (Lipinski definition) is 8. The Hall–Kier alpha value is -4.56. The minimum Gasteiger partial charge on any atom is -0.461 e. The van der Waals surface area contributed by atoms with Gasteiger partial charge in [0.1, 0.15) is 23.8 Å². The molecule has 4 aromatic carbocycles. The molecule has 0 bridgehead atoms. The number of aromatic nitrogens is 2. The van der Waals surface area contributed by atoms with Crippen LogP contribution in [0.25, 0.3) is 22.0 Å². The van der Waals surface area contributed by atoms with Crippen molar-refractivity contribution < 1.29 is 27.9 Å². The van der Waals surface area contributed by atoms with E-state index in [9.17, 15) is 14.2 Å². The number of rotatable bonds is 11. The van der Waals surface area contributed by atoms with Gasteiger partial charge in [-0.25, -0.2) is 5.10 Å². The quantitative estimate of drug-likeness (QED) is 0.132. The average molecular weight is 583 g/mol. The number of nitrogens with one attached hydrogen (secondary N) is 1. The molecule has 1 aliphatic rings. The van der Waals surface area contributed by atoms with Gasteiger partial charge < -0.3 is 18.5 Å². The van der Waals surface area contributed by atoms with Gasteiger partial charge >= 0.3 is 13.6 Å². The molecule has 0 radical (unpaired) electrons. The molecule has 1 aliphatic heterocycles. The van der Waals surface area contributed by atoms with E-state index in [1.165, 1.54) is 0 Å².